The zero-order valence-corrected chi connectivity index (χ0v) is 27.2. The van der Waals surface area contributed by atoms with Crippen LogP contribution < -0.4 is 10.1 Å². The Hall–Kier alpha value is -2.75. The summed E-state index contributed by atoms with van der Waals surface area (Å²) in [5.74, 6) is 6.52. The number of anilines is 1. The van der Waals surface area contributed by atoms with Crippen molar-refractivity contribution in [3.8, 4) is 17.2 Å². The summed E-state index contributed by atoms with van der Waals surface area (Å²) < 4.78 is 11.3. The summed E-state index contributed by atoms with van der Waals surface area (Å²) in [5, 5.41) is 4.04. The van der Waals surface area contributed by atoms with Gasteiger partial charge in [-0.05, 0) is 129 Å². The molecule has 0 aromatic heterocycles. The number of fused-ring (bicyclic) bond motifs is 1. The van der Waals surface area contributed by atoms with Crippen LogP contribution in [-0.4, -0.2) is 44.9 Å². The van der Waals surface area contributed by atoms with Crippen molar-refractivity contribution in [3.63, 3.8) is 0 Å². The Balaban J connectivity index is 1.34. The molecule has 1 N–H and O–H groups in total. The number of benzene rings is 2. The van der Waals surface area contributed by atoms with E-state index >= 15 is 0 Å². The van der Waals surface area contributed by atoms with Crippen LogP contribution in [0.25, 0.3) is 0 Å². The monoisotopic (exact) mass is 584 g/mol. The van der Waals surface area contributed by atoms with E-state index in [0.717, 1.165) is 54.7 Å². The van der Waals surface area contributed by atoms with Crippen LogP contribution in [0, 0.1) is 29.2 Å². The normalized spacial score (nSPS) is 29.5. The largest absolute Gasteiger partial charge is 0.497 e. The Kier molecular flexibility index (Phi) is 8.19. The summed E-state index contributed by atoms with van der Waals surface area (Å²) in [5.41, 5.74) is 8.27. The van der Waals surface area contributed by atoms with Crippen LogP contribution in [0.15, 0.2) is 42.5 Å². The number of hydrogen-bond acceptors (Lipinski definition) is 4. The Morgan fingerprint density at radius 1 is 1.02 bits per heavy atom. The van der Waals surface area contributed by atoms with Crippen LogP contribution in [0.4, 0.5) is 5.69 Å². The summed E-state index contributed by atoms with van der Waals surface area (Å²) in [4.78, 5) is 16.1. The van der Waals surface area contributed by atoms with Gasteiger partial charge >= 0.3 is 0 Å². The molecule has 2 aromatic rings. The smallest absolute Gasteiger partial charge is 0.299 e. The van der Waals surface area contributed by atoms with Gasteiger partial charge in [0.1, 0.15) is 5.75 Å². The average molecular weight is 585 g/mol. The van der Waals surface area contributed by atoms with Crippen molar-refractivity contribution in [3.05, 3.63) is 59.2 Å². The molecule has 4 fully saturated rings. The van der Waals surface area contributed by atoms with Gasteiger partial charge in [0, 0.05) is 24.4 Å². The molecule has 42 heavy (non-hydrogen) atoms. The quantitative estimate of drug-likeness (QED) is 0.258. The second-order valence-corrected chi connectivity index (χ2v) is 17.8. The summed E-state index contributed by atoms with van der Waals surface area (Å²) in [6.07, 6.45) is 12.2. The zero-order chi connectivity index (χ0) is 29.5. The first-order valence-corrected chi connectivity index (χ1v) is 19.1. The fourth-order valence-electron chi connectivity index (χ4n) is 8.81. The van der Waals surface area contributed by atoms with Crippen LogP contribution in [-0.2, 0) is 15.6 Å². The summed E-state index contributed by atoms with van der Waals surface area (Å²) in [6, 6.07) is 15.2. The zero-order valence-electron chi connectivity index (χ0n) is 26.2. The van der Waals surface area contributed by atoms with Gasteiger partial charge in [0.25, 0.3) is 14.2 Å². The number of carbonyl (C=O) groups is 1. The number of nitrogens with one attached hydrogen (secondary N) is 1. The highest BCUT2D eigenvalue weighted by molar-refractivity contribution is 6.79. The molecule has 7 rings (SSSR count). The number of hydrogen-bond donors (Lipinski definition) is 1. The molecule has 4 bridgehead atoms. The Morgan fingerprint density at radius 3 is 2.29 bits per heavy atom. The first-order valence-electron chi connectivity index (χ1n) is 16.2. The number of carbonyl (C=O) groups excluding carboxylic acids is 1. The van der Waals surface area contributed by atoms with Gasteiger partial charge in [-0.2, -0.15) is 0 Å². The predicted octanol–water partition coefficient (Wildman–Crippen LogP) is 7.50. The van der Waals surface area contributed by atoms with Crippen molar-refractivity contribution in [2.45, 2.75) is 102 Å². The van der Waals surface area contributed by atoms with E-state index in [2.05, 4.69) is 65.0 Å². The van der Waals surface area contributed by atoms with Crippen molar-refractivity contribution in [2.75, 3.05) is 19.5 Å². The summed E-state index contributed by atoms with van der Waals surface area (Å²) >= 11 is 0. The molecule has 1 amide bonds. The third-order valence-electron chi connectivity index (χ3n) is 10.6. The third-order valence-corrected chi connectivity index (χ3v) is 12.3. The van der Waals surface area contributed by atoms with Gasteiger partial charge in [-0.15, -0.1) is 0 Å². The maximum Gasteiger partial charge on any atom is 0.299 e. The lowest BCUT2D eigenvalue weighted by molar-refractivity contribution is -0.130. The van der Waals surface area contributed by atoms with E-state index in [1.165, 1.54) is 55.3 Å². The molecular weight excluding hydrogens is 536 g/mol. The van der Waals surface area contributed by atoms with E-state index in [9.17, 15) is 4.79 Å². The van der Waals surface area contributed by atoms with Crippen LogP contribution in [0.3, 0.4) is 0 Å². The third kappa shape index (κ3) is 5.88. The van der Waals surface area contributed by atoms with Gasteiger partial charge in [0.2, 0.25) is 0 Å². The van der Waals surface area contributed by atoms with Crippen molar-refractivity contribution in [1.82, 2.24) is 4.90 Å². The molecule has 0 saturated heterocycles. The number of ether oxygens (including phenoxy) is 1. The van der Waals surface area contributed by atoms with Gasteiger partial charge in [0.05, 0.1) is 13.2 Å². The van der Waals surface area contributed by atoms with Gasteiger partial charge in [-0.3, -0.25) is 4.79 Å². The fraction of sp³-hybridized carbons (Fsp3) is 0.583. The van der Waals surface area contributed by atoms with Crippen molar-refractivity contribution >= 4 is 19.9 Å². The van der Waals surface area contributed by atoms with Crippen molar-refractivity contribution < 1.29 is 14.0 Å². The molecule has 2 atom stereocenters. The molecule has 0 radical (unpaired) electrons. The highest BCUT2D eigenvalue weighted by atomic mass is 28.4. The number of nitrogens with zero attached hydrogens (tertiary/aromatic N) is 1. The van der Waals surface area contributed by atoms with Crippen LogP contribution in [0.2, 0.25) is 13.1 Å². The van der Waals surface area contributed by atoms with Crippen LogP contribution in [0.1, 0.15) is 87.4 Å². The SMILES string of the molecule is CCCC[C@H]1Cc2cc(OC)ccc2[C@H](c2ccc(NC34CC5CC(CC(C5)C3)C4)cc2)N1C(=O)C#C[Si](C)(C)OC. The number of unbranched alkanes of at least 4 members (excludes halogenated alkanes) is 1. The minimum absolute atomic E-state index is 0.0773. The molecule has 0 spiro atoms. The van der Waals surface area contributed by atoms with E-state index < -0.39 is 8.32 Å². The highest BCUT2D eigenvalue weighted by Crippen LogP contribution is 2.56. The predicted molar refractivity (Wildman–Crippen MR) is 172 cm³/mol. The lowest BCUT2D eigenvalue weighted by atomic mass is 9.53. The molecule has 4 aliphatic carbocycles. The standard InChI is InChI=1S/C36H48N2O3Si/c1-6-7-8-31-20-29-21-32(40-2)13-14-33(29)35(38(31)34(39)15-16-42(4,5)41-3)28-9-11-30(12-10-28)37-36-22-25-17-26(23-36)19-27(18-25)24-36/h9-14,21,25-27,31,35,37H,6-8,17-20,22-24H2,1-5H3/t25?,26?,27?,31-,35-,36?/m0/s1. The topological polar surface area (TPSA) is 50.8 Å². The minimum Gasteiger partial charge on any atom is -0.497 e. The summed E-state index contributed by atoms with van der Waals surface area (Å²) in [7, 11) is 1.21. The molecule has 6 heteroatoms. The first-order chi connectivity index (χ1) is 20.2. The molecule has 5 nitrogen and oxygen atoms in total. The Labute approximate surface area is 253 Å². The van der Waals surface area contributed by atoms with E-state index in [4.69, 9.17) is 9.16 Å². The van der Waals surface area contributed by atoms with E-state index in [0.29, 0.717) is 0 Å². The Bertz CT molecular complexity index is 1320. The highest BCUT2D eigenvalue weighted by Gasteiger charge is 2.51. The van der Waals surface area contributed by atoms with E-state index in [1.807, 2.05) is 19.2 Å². The van der Waals surface area contributed by atoms with Gasteiger partial charge in [-0.25, -0.2) is 0 Å². The minimum atomic E-state index is -2.21. The average Bonchev–Trinajstić information content (AvgIpc) is 2.97. The second kappa shape index (κ2) is 11.7. The summed E-state index contributed by atoms with van der Waals surface area (Å²) in [6.45, 7) is 6.28. The maximum atomic E-state index is 14.0. The molecule has 224 valence electrons. The Morgan fingerprint density at radius 2 is 1.69 bits per heavy atom. The second-order valence-electron chi connectivity index (χ2n) is 14.1. The number of methoxy groups -OCH3 is 1. The maximum absolute atomic E-state index is 14.0. The van der Waals surface area contributed by atoms with Crippen molar-refractivity contribution in [1.29, 1.82) is 0 Å². The van der Waals surface area contributed by atoms with Crippen LogP contribution in [0.5, 0.6) is 5.75 Å². The van der Waals surface area contributed by atoms with Gasteiger partial charge in [0.15, 0.2) is 0 Å². The first kappa shape index (κ1) is 29.3. The molecule has 0 unspecified atom stereocenters. The lowest BCUT2D eigenvalue weighted by Gasteiger charge is -2.57. The fourth-order valence-corrected chi connectivity index (χ4v) is 9.32. The molecule has 1 aliphatic heterocycles. The van der Waals surface area contributed by atoms with E-state index in [-0.39, 0.29) is 23.5 Å². The molecule has 1 heterocycles. The van der Waals surface area contributed by atoms with E-state index in [1.54, 1.807) is 14.2 Å². The van der Waals surface area contributed by atoms with Crippen molar-refractivity contribution in [2.24, 2.45) is 17.8 Å². The van der Waals surface area contributed by atoms with Gasteiger partial charge < -0.3 is 19.4 Å². The van der Waals surface area contributed by atoms with Gasteiger partial charge in [-0.1, -0.05) is 43.5 Å². The molecule has 2 aromatic carbocycles. The van der Waals surface area contributed by atoms with Crippen LogP contribution >= 0.6 is 0 Å². The lowest BCUT2D eigenvalue weighted by Crippen LogP contribution is -2.54. The number of rotatable bonds is 8. The molecular formula is C36H48N2O3Si. The number of amides is 1. The molecule has 4 saturated carbocycles. The molecule has 5 aliphatic rings.